The number of oxazole rings is 1. The van der Waals surface area contributed by atoms with Crippen molar-refractivity contribution in [1.29, 1.82) is 0 Å². The molecule has 0 fully saturated rings. The lowest BCUT2D eigenvalue weighted by atomic mass is 9.98. The molecule has 0 radical (unpaired) electrons. The molecule has 0 saturated carbocycles. The van der Waals surface area contributed by atoms with Gasteiger partial charge in [0.05, 0.1) is 25.0 Å². The minimum absolute atomic E-state index is 0.260. The summed E-state index contributed by atoms with van der Waals surface area (Å²) in [6.45, 7) is 4.07. The van der Waals surface area contributed by atoms with E-state index in [1.165, 1.54) is 12.1 Å². The SMILES string of the molecule is Cc1cc(-c2c(-c3ccc(F)cc3)nn3c2CN(c2ncco2)CC3)ccn1. The topological polar surface area (TPSA) is 60.0 Å². The normalized spacial score (nSPS) is 13.6. The summed E-state index contributed by atoms with van der Waals surface area (Å²) in [5.41, 5.74) is 5.82. The van der Waals surface area contributed by atoms with E-state index in [2.05, 4.69) is 20.9 Å². The Morgan fingerprint density at radius 3 is 2.61 bits per heavy atom. The number of rotatable bonds is 3. The van der Waals surface area contributed by atoms with Crippen LogP contribution in [0.5, 0.6) is 0 Å². The van der Waals surface area contributed by atoms with Gasteiger partial charge in [-0.25, -0.2) is 9.37 Å². The lowest BCUT2D eigenvalue weighted by Crippen LogP contribution is -2.34. The van der Waals surface area contributed by atoms with Crippen molar-refractivity contribution in [2.45, 2.75) is 20.0 Å². The number of anilines is 1. The first-order chi connectivity index (χ1) is 13.7. The third-order valence-corrected chi connectivity index (χ3v) is 4.97. The number of nitrogens with zero attached hydrogens (tertiary/aromatic N) is 5. The predicted octanol–water partition coefficient (Wildman–Crippen LogP) is 4.07. The van der Waals surface area contributed by atoms with Gasteiger partial charge in [0, 0.05) is 29.6 Å². The van der Waals surface area contributed by atoms with Crippen LogP contribution in [0.3, 0.4) is 0 Å². The van der Waals surface area contributed by atoms with Gasteiger partial charge in [-0.05, 0) is 48.9 Å². The molecule has 28 heavy (non-hydrogen) atoms. The maximum atomic E-state index is 13.5. The van der Waals surface area contributed by atoms with Crippen molar-refractivity contribution in [3.05, 3.63) is 72.3 Å². The van der Waals surface area contributed by atoms with E-state index < -0.39 is 0 Å². The van der Waals surface area contributed by atoms with Gasteiger partial charge in [-0.15, -0.1) is 0 Å². The van der Waals surface area contributed by atoms with Crippen LogP contribution in [0.25, 0.3) is 22.4 Å². The molecule has 1 aromatic carbocycles. The standard InChI is InChI=1S/C21H18FN5O/c1-14-12-16(6-7-23-14)19-18-13-26(21-24-8-11-28-21)9-10-27(18)25-20(19)15-2-4-17(22)5-3-15/h2-8,11-12H,9-10,13H2,1H3. The Hall–Kier alpha value is -3.48. The van der Waals surface area contributed by atoms with E-state index in [1.807, 2.05) is 17.7 Å². The first-order valence-corrected chi connectivity index (χ1v) is 9.12. The molecule has 0 bridgehead atoms. The van der Waals surface area contributed by atoms with Crippen molar-refractivity contribution < 1.29 is 8.81 Å². The van der Waals surface area contributed by atoms with Crippen LogP contribution in [0.4, 0.5) is 10.4 Å². The zero-order chi connectivity index (χ0) is 19.1. The van der Waals surface area contributed by atoms with Crippen LogP contribution in [0.1, 0.15) is 11.4 Å². The molecule has 0 atom stereocenters. The Kier molecular flexibility index (Phi) is 3.93. The number of aromatic nitrogens is 4. The zero-order valence-corrected chi connectivity index (χ0v) is 15.3. The van der Waals surface area contributed by atoms with Crippen molar-refractivity contribution in [3.8, 4) is 22.4 Å². The maximum Gasteiger partial charge on any atom is 0.297 e. The van der Waals surface area contributed by atoms with E-state index in [0.29, 0.717) is 12.6 Å². The molecular formula is C21H18FN5O. The molecule has 0 aliphatic carbocycles. The van der Waals surface area contributed by atoms with Gasteiger partial charge in [-0.3, -0.25) is 9.67 Å². The predicted molar refractivity (Wildman–Crippen MR) is 103 cm³/mol. The number of fused-ring (bicyclic) bond motifs is 1. The first-order valence-electron chi connectivity index (χ1n) is 9.12. The summed E-state index contributed by atoms with van der Waals surface area (Å²) in [5, 5.41) is 4.87. The van der Waals surface area contributed by atoms with E-state index in [-0.39, 0.29) is 5.82 Å². The second kappa shape index (κ2) is 6.60. The van der Waals surface area contributed by atoms with Gasteiger partial charge in [-0.2, -0.15) is 5.10 Å². The fraction of sp³-hybridized carbons (Fsp3) is 0.190. The molecular weight excluding hydrogens is 357 g/mol. The summed E-state index contributed by atoms with van der Waals surface area (Å²) in [4.78, 5) is 10.7. The highest BCUT2D eigenvalue weighted by atomic mass is 19.1. The molecule has 1 aliphatic rings. The van der Waals surface area contributed by atoms with Gasteiger partial charge < -0.3 is 9.32 Å². The molecule has 0 amide bonds. The van der Waals surface area contributed by atoms with Gasteiger partial charge in [0.1, 0.15) is 17.8 Å². The van der Waals surface area contributed by atoms with E-state index in [0.717, 1.165) is 46.9 Å². The molecule has 6 nitrogen and oxygen atoms in total. The molecule has 5 rings (SSSR count). The Morgan fingerprint density at radius 2 is 1.86 bits per heavy atom. The summed E-state index contributed by atoms with van der Waals surface area (Å²) >= 11 is 0. The summed E-state index contributed by atoms with van der Waals surface area (Å²) in [6, 6.07) is 11.1. The maximum absolute atomic E-state index is 13.5. The van der Waals surface area contributed by atoms with Crippen molar-refractivity contribution in [3.63, 3.8) is 0 Å². The number of hydrogen-bond donors (Lipinski definition) is 0. The van der Waals surface area contributed by atoms with Crippen LogP contribution < -0.4 is 4.90 Å². The Bertz CT molecular complexity index is 1120. The van der Waals surface area contributed by atoms with Crippen LogP contribution in [-0.2, 0) is 13.1 Å². The minimum Gasteiger partial charge on any atom is -0.432 e. The van der Waals surface area contributed by atoms with Gasteiger partial charge in [-0.1, -0.05) is 0 Å². The highest BCUT2D eigenvalue weighted by Gasteiger charge is 2.27. The molecule has 7 heteroatoms. The lowest BCUT2D eigenvalue weighted by molar-refractivity contribution is 0.469. The number of benzene rings is 1. The molecule has 4 heterocycles. The van der Waals surface area contributed by atoms with Gasteiger partial charge in [0.15, 0.2) is 0 Å². The lowest BCUT2D eigenvalue weighted by Gasteiger charge is -2.27. The van der Waals surface area contributed by atoms with Crippen LogP contribution in [0, 0.1) is 12.7 Å². The minimum atomic E-state index is -0.260. The van der Waals surface area contributed by atoms with Crippen LogP contribution in [0.2, 0.25) is 0 Å². The van der Waals surface area contributed by atoms with Crippen LogP contribution in [0.15, 0.2) is 59.5 Å². The molecule has 0 spiro atoms. The molecule has 4 aromatic rings. The van der Waals surface area contributed by atoms with Gasteiger partial charge in [0.25, 0.3) is 6.01 Å². The van der Waals surface area contributed by atoms with Crippen molar-refractivity contribution >= 4 is 6.01 Å². The smallest absolute Gasteiger partial charge is 0.297 e. The highest BCUT2D eigenvalue weighted by molar-refractivity contribution is 5.83. The van der Waals surface area contributed by atoms with Crippen LogP contribution >= 0.6 is 0 Å². The molecule has 0 unspecified atom stereocenters. The Morgan fingerprint density at radius 1 is 1.00 bits per heavy atom. The van der Waals surface area contributed by atoms with E-state index >= 15 is 0 Å². The summed E-state index contributed by atoms with van der Waals surface area (Å²) < 4.78 is 21.0. The molecule has 140 valence electrons. The Balaban J connectivity index is 1.67. The third kappa shape index (κ3) is 2.85. The fourth-order valence-corrected chi connectivity index (χ4v) is 3.67. The third-order valence-electron chi connectivity index (χ3n) is 4.97. The fourth-order valence-electron chi connectivity index (χ4n) is 3.67. The number of hydrogen-bond acceptors (Lipinski definition) is 5. The quantitative estimate of drug-likeness (QED) is 0.540. The Labute approximate surface area is 161 Å². The molecule has 1 aliphatic heterocycles. The van der Waals surface area contributed by atoms with Crippen molar-refractivity contribution in [1.82, 2.24) is 19.7 Å². The zero-order valence-electron chi connectivity index (χ0n) is 15.3. The summed E-state index contributed by atoms with van der Waals surface area (Å²) in [6.07, 6.45) is 5.04. The second-order valence-corrected chi connectivity index (χ2v) is 6.82. The average molecular weight is 375 g/mol. The summed E-state index contributed by atoms with van der Waals surface area (Å²) in [7, 11) is 0. The van der Waals surface area contributed by atoms with Crippen molar-refractivity contribution in [2.24, 2.45) is 0 Å². The largest absolute Gasteiger partial charge is 0.432 e. The molecule has 0 N–H and O–H groups in total. The monoisotopic (exact) mass is 375 g/mol. The molecule has 3 aromatic heterocycles. The number of pyridine rings is 1. The van der Waals surface area contributed by atoms with Crippen LogP contribution in [-0.4, -0.2) is 26.3 Å². The second-order valence-electron chi connectivity index (χ2n) is 6.82. The van der Waals surface area contributed by atoms with E-state index in [9.17, 15) is 4.39 Å². The molecule has 0 saturated heterocycles. The van der Waals surface area contributed by atoms with E-state index in [4.69, 9.17) is 9.52 Å². The van der Waals surface area contributed by atoms with Crippen molar-refractivity contribution in [2.75, 3.05) is 11.4 Å². The van der Waals surface area contributed by atoms with E-state index in [1.54, 1.807) is 30.8 Å². The number of aryl methyl sites for hydroxylation is 1. The average Bonchev–Trinajstić information content (AvgIpc) is 3.36. The summed E-state index contributed by atoms with van der Waals surface area (Å²) in [5.74, 6) is -0.260. The van der Waals surface area contributed by atoms with Gasteiger partial charge in [0.2, 0.25) is 0 Å². The number of halogens is 1. The van der Waals surface area contributed by atoms with Gasteiger partial charge >= 0.3 is 0 Å². The first kappa shape index (κ1) is 16.7. The highest BCUT2D eigenvalue weighted by Crippen LogP contribution is 2.37.